The Labute approximate surface area is 137 Å². The first-order chi connectivity index (χ1) is 4.62. The molecule has 0 fully saturated rings. The first-order valence-corrected chi connectivity index (χ1v) is 4.62. The zero-order chi connectivity index (χ0) is 8.04. The van der Waals surface area contributed by atoms with E-state index in [1.165, 1.54) is 6.92 Å². The molecule has 0 aromatic carbocycles. The summed E-state index contributed by atoms with van der Waals surface area (Å²) in [6.07, 6.45) is 1.12. The summed E-state index contributed by atoms with van der Waals surface area (Å²) in [7, 11) is -3.45. The van der Waals surface area contributed by atoms with E-state index in [2.05, 4.69) is 4.52 Å². The van der Waals surface area contributed by atoms with Gasteiger partial charge in [0.15, 0.2) is 14.4 Å². The van der Waals surface area contributed by atoms with Crippen molar-refractivity contribution in [1.29, 1.82) is 0 Å². The van der Waals surface area contributed by atoms with Crippen LogP contribution in [0.1, 0.15) is 28.7 Å². The fraction of sp³-hybridized carbons (Fsp3) is 0.857. The van der Waals surface area contributed by atoms with Crippen molar-refractivity contribution in [3.63, 3.8) is 0 Å². The van der Waals surface area contributed by atoms with Gasteiger partial charge in [-0.1, -0.05) is 14.9 Å². The summed E-state index contributed by atoms with van der Waals surface area (Å²) in [6.45, 7) is 3.59. The Morgan fingerprint density at radius 2 is 1.86 bits per heavy atom. The van der Waals surface area contributed by atoms with Gasteiger partial charge in [0.1, 0.15) is 0 Å². The average Bonchev–Trinajstić information content (AvgIpc) is 1.89. The van der Waals surface area contributed by atoms with E-state index in [0.717, 1.165) is 6.16 Å². The summed E-state index contributed by atoms with van der Waals surface area (Å²) in [5.74, 6) is 0. The van der Waals surface area contributed by atoms with Crippen molar-refractivity contribution in [3.8, 4) is 0 Å². The van der Waals surface area contributed by atoms with Crippen molar-refractivity contribution in [3.05, 3.63) is 6.16 Å². The van der Waals surface area contributed by atoms with Crippen molar-refractivity contribution in [2.24, 2.45) is 0 Å². The molecule has 0 aromatic heterocycles. The second-order valence-corrected chi connectivity index (χ2v) is 3.46. The average molecular weight is 526 g/mol. The maximum Gasteiger partial charge on any atom is 0.186 e. The summed E-state index contributed by atoms with van der Waals surface area (Å²) in [5, 5.41) is 0. The number of ether oxygens (including phenoxy) is 1. The molecule has 0 spiro atoms. The largest absolute Gasteiger partial charge is 0.355 e. The third-order valence-corrected chi connectivity index (χ3v) is 1.98. The molecule has 1 atom stereocenters. The Balaban J connectivity index is -0.0000000675. The second-order valence-electron chi connectivity index (χ2n) is 1.56. The van der Waals surface area contributed by atoms with Gasteiger partial charge < -0.3 is 14.2 Å². The number of hydrogen-bond acceptors (Lipinski definition) is 3. The zero-order valence-electron chi connectivity index (χ0n) is 7.19. The minimum Gasteiger partial charge on any atom is -0.355 e. The molecule has 0 aliphatic heterocycles. The smallest absolute Gasteiger partial charge is 0.186 e. The van der Waals surface area contributed by atoms with Crippen LogP contribution in [0.15, 0.2) is 0 Å². The second kappa shape index (κ2) is 17.7. The summed E-state index contributed by atoms with van der Waals surface area (Å²) in [4.78, 5) is 8.75. The molecule has 0 heterocycles. The molecule has 0 amide bonds. The van der Waals surface area contributed by atoms with Crippen LogP contribution < -0.4 is 0 Å². The SMILES string of the molecule is C.C.C[CH-]P(=O)(O)OCOCC.[U].[Y]. The van der Waals surface area contributed by atoms with E-state index < -0.39 is 7.60 Å². The summed E-state index contributed by atoms with van der Waals surface area (Å²) in [5.41, 5.74) is 0. The van der Waals surface area contributed by atoms with E-state index in [9.17, 15) is 4.57 Å². The van der Waals surface area contributed by atoms with Crippen LogP contribution in [-0.2, 0) is 46.5 Å². The van der Waals surface area contributed by atoms with Crippen LogP contribution in [0.3, 0.4) is 0 Å². The first kappa shape index (κ1) is 29.9. The van der Waals surface area contributed by atoms with Crippen LogP contribution in [0.4, 0.5) is 0 Å². The van der Waals surface area contributed by atoms with Crippen LogP contribution >= 0.6 is 7.60 Å². The minimum atomic E-state index is -3.45. The van der Waals surface area contributed by atoms with Gasteiger partial charge in [-0.05, 0) is 6.92 Å². The third kappa shape index (κ3) is 19.8. The quantitative estimate of drug-likeness (QED) is 0.259. The summed E-state index contributed by atoms with van der Waals surface area (Å²) in [6, 6.07) is 0. The van der Waals surface area contributed by atoms with Crippen LogP contribution in [0.2, 0.25) is 0 Å². The molecule has 0 aromatic rings. The van der Waals surface area contributed by atoms with E-state index >= 15 is 0 Å². The fourth-order valence-electron chi connectivity index (χ4n) is 0.271. The Morgan fingerprint density at radius 3 is 2.14 bits per heavy atom. The van der Waals surface area contributed by atoms with Crippen molar-refractivity contribution < 1.29 is 82.5 Å². The van der Waals surface area contributed by atoms with Gasteiger partial charge in [0.05, 0.1) is 0 Å². The molecule has 0 rings (SSSR count). The van der Waals surface area contributed by atoms with Crippen molar-refractivity contribution in [2.75, 3.05) is 13.4 Å². The van der Waals surface area contributed by atoms with Gasteiger partial charge in [-0.25, -0.2) is 6.16 Å². The molecule has 0 saturated carbocycles. The molecule has 0 aliphatic carbocycles. The van der Waals surface area contributed by atoms with Gasteiger partial charge >= 0.3 is 0 Å². The molecule has 1 N–H and O–H groups in total. The van der Waals surface area contributed by atoms with Crippen molar-refractivity contribution >= 4 is 7.60 Å². The van der Waals surface area contributed by atoms with Gasteiger partial charge in [-0.15, -0.1) is 0 Å². The number of hydrogen-bond donors (Lipinski definition) is 1. The monoisotopic (exact) mass is 526 g/mol. The van der Waals surface area contributed by atoms with Gasteiger partial charge in [0, 0.05) is 70.4 Å². The van der Waals surface area contributed by atoms with Gasteiger partial charge in [-0.3, -0.25) is 4.57 Å². The van der Waals surface area contributed by atoms with Crippen molar-refractivity contribution in [2.45, 2.75) is 28.7 Å². The summed E-state index contributed by atoms with van der Waals surface area (Å²) >= 11 is 0. The van der Waals surface area contributed by atoms with Crippen LogP contribution in [0.25, 0.3) is 0 Å². The topological polar surface area (TPSA) is 55.8 Å². The third-order valence-electron chi connectivity index (χ3n) is 0.851. The van der Waals surface area contributed by atoms with E-state index in [1.54, 1.807) is 6.92 Å². The van der Waals surface area contributed by atoms with Crippen LogP contribution in [0.5, 0.6) is 0 Å². The molecular weight excluding hydrogens is 506 g/mol. The van der Waals surface area contributed by atoms with E-state index in [0.29, 0.717) is 6.61 Å². The first-order valence-electron chi connectivity index (χ1n) is 2.97. The Bertz CT molecular complexity index is 137. The normalized spacial score (nSPS) is 11.9. The molecule has 1 unspecified atom stereocenters. The van der Waals surface area contributed by atoms with Crippen LogP contribution in [-0.4, -0.2) is 18.3 Å². The van der Waals surface area contributed by atoms with Gasteiger partial charge in [0.25, 0.3) is 0 Å². The standard InChI is InChI=1S/C5H12O4P.2CH4.U.Y/c1-3-8-5-9-10(6,7)4-2;;;;/h4H,3,5H2,1-2H3,(H,6,7);2*1H4;;/q-1;;;;. The Hall–Kier alpha value is 2.27. The maximum atomic E-state index is 10.7. The van der Waals surface area contributed by atoms with Crippen molar-refractivity contribution in [1.82, 2.24) is 0 Å². The molecule has 85 valence electrons. The fourth-order valence-corrected chi connectivity index (χ4v) is 0.645. The maximum absolute atomic E-state index is 10.7. The Morgan fingerprint density at radius 1 is 1.43 bits per heavy atom. The summed E-state index contributed by atoms with van der Waals surface area (Å²) < 4.78 is 19.8. The number of rotatable bonds is 5. The minimum absolute atomic E-state index is 0. The van der Waals surface area contributed by atoms with E-state index in [4.69, 9.17) is 9.63 Å². The molecule has 0 bridgehead atoms. The molecule has 7 heteroatoms. The zero-order valence-corrected chi connectivity index (χ0v) is 15.1. The van der Waals surface area contributed by atoms with Crippen LogP contribution in [0, 0.1) is 37.3 Å². The van der Waals surface area contributed by atoms with E-state index in [-0.39, 0.29) is 85.5 Å². The van der Waals surface area contributed by atoms with Gasteiger partial charge in [-0.2, -0.15) is 6.92 Å². The Kier molecular flexibility index (Phi) is 37.7. The molecule has 1 radical (unpaired) electrons. The van der Waals surface area contributed by atoms with Gasteiger partial charge in [0.2, 0.25) is 0 Å². The molecular formula is C7H20O4PUY-. The molecule has 4 nitrogen and oxygen atoms in total. The molecule has 0 aliphatic rings. The van der Waals surface area contributed by atoms with E-state index in [1.807, 2.05) is 0 Å². The molecule has 14 heavy (non-hydrogen) atoms. The predicted molar refractivity (Wildman–Crippen MR) is 50.8 cm³/mol. The molecule has 0 saturated heterocycles. The predicted octanol–water partition coefficient (Wildman–Crippen LogP) is 2.63.